The van der Waals surface area contributed by atoms with Crippen molar-refractivity contribution >= 4 is 99.9 Å². The summed E-state index contributed by atoms with van der Waals surface area (Å²) >= 11 is 1.94. The monoisotopic (exact) mass is 904 g/mol. The molecule has 4 nitrogen and oxygen atoms in total. The third-order valence-corrected chi connectivity index (χ3v) is 15.7. The lowest BCUT2D eigenvalue weighted by Crippen LogP contribution is -2.61. The van der Waals surface area contributed by atoms with Gasteiger partial charge in [-0.1, -0.05) is 147 Å². The van der Waals surface area contributed by atoms with Crippen LogP contribution in [0.4, 0.5) is 33.4 Å². The number of rotatable bonds is 4. The van der Waals surface area contributed by atoms with E-state index in [0.717, 1.165) is 56.0 Å². The van der Waals surface area contributed by atoms with E-state index in [4.69, 9.17) is 8.83 Å². The van der Waals surface area contributed by atoms with Crippen LogP contribution in [0.15, 0.2) is 154 Å². The van der Waals surface area contributed by atoms with Crippen molar-refractivity contribution in [3.63, 3.8) is 0 Å². The Hall–Kier alpha value is -6.76. The molecule has 12 rings (SSSR count). The molecule has 0 atom stereocenters. The lowest BCUT2D eigenvalue weighted by atomic mass is 9.33. The number of hydrogen-bond donors (Lipinski definition) is 0. The molecule has 10 aromatic rings. The average Bonchev–Trinajstić information content (AvgIpc) is 4.04. The number of anilines is 6. The van der Waals surface area contributed by atoms with Crippen LogP contribution in [0.5, 0.6) is 0 Å². The molecule has 2 aliphatic heterocycles. The molecule has 3 aromatic heterocycles. The molecule has 0 spiro atoms. The number of fused-ring (bicyclic) bond motifs is 8. The Kier molecular flexibility index (Phi) is 9.31. The van der Waals surface area contributed by atoms with Crippen molar-refractivity contribution in [2.45, 2.75) is 92.4 Å². The van der Waals surface area contributed by atoms with Crippen molar-refractivity contribution in [2.75, 3.05) is 9.80 Å². The quantitative estimate of drug-likeness (QED) is 0.165. The Labute approximate surface area is 404 Å². The molecule has 68 heavy (non-hydrogen) atoms. The fourth-order valence-corrected chi connectivity index (χ4v) is 12.1. The number of para-hydroxylation sites is 2. The maximum Gasteiger partial charge on any atom is 0.254 e. The Morgan fingerprint density at radius 3 is 1.65 bits per heavy atom. The first-order valence-corrected chi connectivity index (χ1v) is 24.9. The zero-order valence-electron chi connectivity index (χ0n) is 41.1. The fraction of sp³-hybridized carbons (Fsp3) is 0.226. The standard InChI is InChI=1S/C62H57BN2O2S/c1-36-27-43(61(6,7)8)28-37(2)58(36)65-50-35-44(62(9,10)11)34-49-57(50)63(56-46-33-42(60(3,4)5)24-26-55(46)68-59(56)65)47-25-23-41(54-32-40-18-13-15-22-52(40)67-54)30-48(47)64(49)45-20-16-19-38(29-45)53-31-39-17-12-14-21-51(39)66-53/h12-35H,1-11H3. The average molecular weight is 905 g/mol. The van der Waals surface area contributed by atoms with Gasteiger partial charge in [0.05, 0.1) is 10.7 Å². The number of furan rings is 2. The van der Waals surface area contributed by atoms with Gasteiger partial charge in [0, 0.05) is 49.3 Å². The molecule has 0 unspecified atom stereocenters. The minimum Gasteiger partial charge on any atom is -0.456 e. The molecule has 0 amide bonds. The highest BCUT2D eigenvalue weighted by atomic mass is 32.1. The predicted molar refractivity (Wildman–Crippen MR) is 292 cm³/mol. The van der Waals surface area contributed by atoms with Gasteiger partial charge >= 0.3 is 0 Å². The Morgan fingerprint density at radius 1 is 0.471 bits per heavy atom. The van der Waals surface area contributed by atoms with E-state index in [0.29, 0.717) is 0 Å². The molecule has 5 heterocycles. The van der Waals surface area contributed by atoms with Crippen LogP contribution in [0, 0.1) is 13.8 Å². The van der Waals surface area contributed by atoms with Crippen molar-refractivity contribution in [3.05, 3.63) is 173 Å². The highest BCUT2D eigenvalue weighted by Crippen LogP contribution is 2.52. The molecule has 0 saturated heterocycles. The van der Waals surface area contributed by atoms with E-state index >= 15 is 0 Å². The summed E-state index contributed by atoms with van der Waals surface area (Å²) in [6.45, 7) is 25.6. The van der Waals surface area contributed by atoms with Gasteiger partial charge in [-0.25, -0.2) is 0 Å². The van der Waals surface area contributed by atoms with Gasteiger partial charge in [0.15, 0.2) is 0 Å². The molecular formula is C62H57BN2O2S. The second kappa shape index (κ2) is 14.9. The summed E-state index contributed by atoms with van der Waals surface area (Å²) in [5.74, 6) is 1.71. The Morgan fingerprint density at radius 2 is 1.04 bits per heavy atom. The predicted octanol–water partition coefficient (Wildman–Crippen LogP) is 16.3. The number of thiophene rings is 1. The first-order valence-electron chi connectivity index (χ1n) is 24.1. The van der Waals surface area contributed by atoms with Crippen LogP contribution in [0.25, 0.3) is 54.7 Å². The first kappa shape index (κ1) is 42.6. The molecule has 0 radical (unpaired) electrons. The van der Waals surface area contributed by atoms with E-state index in [2.05, 4.69) is 213 Å². The normalized spacial score (nSPS) is 13.7. The number of aryl methyl sites for hydroxylation is 2. The summed E-state index contributed by atoms with van der Waals surface area (Å²) in [5.41, 5.74) is 20.1. The SMILES string of the molecule is Cc1cc(C(C)(C)C)cc(C)c1N1c2cc(C(C)(C)C)cc3c2B(c2ccc(-c4cc5ccccc5o4)cc2N3c2cccc(-c3cc4ccccc4o3)c2)c2c1sc1ccc(C(C)(C)C)cc21. The van der Waals surface area contributed by atoms with Crippen molar-refractivity contribution in [1.29, 1.82) is 0 Å². The topological polar surface area (TPSA) is 32.8 Å². The van der Waals surface area contributed by atoms with Crippen LogP contribution in [0.2, 0.25) is 0 Å². The van der Waals surface area contributed by atoms with Crippen LogP contribution in [-0.2, 0) is 16.2 Å². The van der Waals surface area contributed by atoms with Gasteiger partial charge in [-0.2, -0.15) is 0 Å². The van der Waals surface area contributed by atoms with E-state index in [1.165, 1.54) is 76.4 Å². The summed E-state index contributed by atoms with van der Waals surface area (Å²) in [6, 6.07) is 54.1. The van der Waals surface area contributed by atoms with E-state index in [-0.39, 0.29) is 23.0 Å². The first-order chi connectivity index (χ1) is 32.4. The van der Waals surface area contributed by atoms with E-state index in [9.17, 15) is 0 Å². The summed E-state index contributed by atoms with van der Waals surface area (Å²) in [7, 11) is 0. The second-order valence-corrected chi connectivity index (χ2v) is 23.4. The summed E-state index contributed by atoms with van der Waals surface area (Å²) in [4.78, 5) is 5.20. The van der Waals surface area contributed by atoms with Gasteiger partial charge in [-0.15, -0.1) is 11.3 Å². The zero-order valence-corrected chi connectivity index (χ0v) is 41.9. The van der Waals surface area contributed by atoms with Crippen LogP contribution in [0.1, 0.15) is 90.1 Å². The van der Waals surface area contributed by atoms with Crippen molar-refractivity contribution < 1.29 is 8.83 Å². The van der Waals surface area contributed by atoms with Crippen LogP contribution in [-0.4, -0.2) is 6.71 Å². The molecule has 0 fully saturated rings. The van der Waals surface area contributed by atoms with Gasteiger partial charge in [-0.05, 0) is 140 Å². The number of hydrogen-bond acceptors (Lipinski definition) is 5. The van der Waals surface area contributed by atoms with Crippen LogP contribution in [0.3, 0.4) is 0 Å². The van der Waals surface area contributed by atoms with Crippen LogP contribution < -0.4 is 26.2 Å². The maximum atomic E-state index is 6.63. The number of benzene rings is 7. The second-order valence-electron chi connectivity index (χ2n) is 22.4. The number of nitrogens with zero attached hydrogens (tertiary/aromatic N) is 2. The molecule has 2 aliphatic rings. The molecule has 7 aromatic carbocycles. The van der Waals surface area contributed by atoms with Gasteiger partial charge in [0.2, 0.25) is 0 Å². The van der Waals surface area contributed by atoms with E-state index in [1.807, 2.05) is 29.5 Å². The molecule has 0 bridgehead atoms. The third kappa shape index (κ3) is 6.70. The molecule has 0 N–H and O–H groups in total. The Bertz CT molecular complexity index is 3610. The van der Waals surface area contributed by atoms with Gasteiger partial charge in [0.1, 0.15) is 22.7 Å². The highest BCUT2D eigenvalue weighted by molar-refractivity contribution is 7.26. The van der Waals surface area contributed by atoms with Gasteiger partial charge in [0.25, 0.3) is 6.71 Å². The van der Waals surface area contributed by atoms with Crippen molar-refractivity contribution in [2.24, 2.45) is 0 Å². The molecule has 336 valence electrons. The minimum absolute atomic E-state index is 0.0147. The van der Waals surface area contributed by atoms with Crippen LogP contribution >= 0.6 is 11.3 Å². The van der Waals surface area contributed by atoms with Gasteiger partial charge < -0.3 is 18.6 Å². The Balaban J connectivity index is 1.20. The third-order valence-electron chi connectivity index (χ3n) is 14.5. The van der Waals surface area contributed by atoms with Crippen molar-refractivity contribution in [1.82, 2.24) is 0 Å². The van der Waals surface area contributed by atoms with E-state index in [1.54, 1.807) is 0 Å². The van der Waals surface area contributed by atoms with Crippen molar-refractivity contribution in [3.8, 4) is 22.6 Å². The molecule has 0 aliphatic carbocycles. The lowest BCUT2D eigenvalue weighted by Gasteiger charge is -2.45. The minimum atomic E-state index is -0.160. The smallest absolute Gasteiger partial charge is 0.254 e. The summed E-state index contributed by atoms with van der Waals surface area (Å²) < 4.78 is 14.5. The lowest BCUT2D eigenvalue weighted by molar-refractivity contribution is 0.589. The summed E-state index contributed by atoms with van der Waals surface area (Å²) in [6.07, 6.45) is 0. The largest absolute Gasteiger partial charge is 0.456 e. The summed E-state index contributed by atoms with van der Waals surface area (Å²) in [5, 5.41) is 4.81. The zero-order chi connectivity index (χ0) is 47.2. The highest BCUT2D eigenvalue weighted by Gasteiger charge is 2.47. The van der Waals surface area contributed by atoms with E-state index < -0.39 is 0 Å². The maximum absolute atomic E-state index is 6.63. The molecule has 0 saturated carbocycles. The molecular weight excluding hydrogens is 848 g/mol. The fourth-order valence-electron chi connectivity index (χ4n) is 10.9. The molecule has 6 heteroatoms. The van der Waals surface area contributed by atoms with Gasteiger partial charge in [-0.3, -0.25) is 0 Å².